The Bertz CT molecular complexity index is 580. The summed E-state index contributed by atoms with van der Waals surface area (Å²) in [7, 11) is 0. The van der Waals surface area contributed by atoms with Gasteiger partial charge >= 0.3 is 5.97 Å². The Morgan fingerprint density at radius 2 is 1.91 bits per heavy atom. The van der Waals surface area contributed by atoms with Crippen molar-refractivity contribution in [2.75, 3.05) is 6.61 Å². The number of hydrogen-bond acceptors (Lipinski definition) is 5. The lowest BCUT2D eigenvalue weighted by Crippen LogP contribution is -2.36. The monoisotopic (exact) mass is 304 g/mol. The van der Waals surface area contributed by atoms with Crippen LogP contribution in [0.4, 0.5) is 0 Å². The van der Waals surface area contributed by atoms with Gasteiger partial charge in [0, 0.05) is 30.3 Å². The van der Waals surface area contributed by atoms with E-state index >= 15 is 0 Å². The van der Waals surface area contributed by atoms with Crippen LogP contribution in [0.3, 0.4) is 0 Å². The van der Waals surface area contributed by atoms with Gasteiger partial charge in [-0.2, -0.15) is 0 Å². The van der Waals surface area contributed by atoms with E-state index in [0.29, 0.717) is 13.0 Å². The highest BCUT2D eigenvalue weighted by Gasteiger charge is 2.69. The number of fused-ring (bicyclic) bond motifs is 9. The van der Waals surface area contributed by atoms with Gasteiger partial charge in [0.1, 0.15) is 11.6 Å². The number of esters is 1. The van der Waals surface area contributed by atoms with Crippen molar-refractivity contribution in [1.82, 2.24) is 0 Å². The molecule has 0 aliphatic heterocycles. The number of rotatable bonds is 4. The van der Waals surface area contributed by atoms with Gasteiger partial charge in [-0.3, -0.25) is 14.4 Å². The quantitative estimate of drug-likeness (QED) is 0.339. The Kier molecular flexibility index (Phi) is 3.05. The second-order valence-corrected chi connectivity index (χ2v) is 6.83. The van der Waals surface area contributed by atoms with E-state index in [4.69, 9.17) is 9.47 Å². The van der Waals surface area contributed by atoms with Crippen molar-refractivity contribution in [3.63, 3.8) is 0 Å². The summed E-state index contributed by atoms with van der Waals surface area (Å²) in [5.74, 6) is -0.897. The van der Waals surface area contributed by atoms with E-state index in [1.54, 1.807) is 6.92 Å². The number of ether oxygens (including phenoxy) is 2. The molecule has 0 radical (unpaired) electrons. The molecular formula is C17H20O5. The summed E-state index contributed by atoms with van der Waals surface area (Å²) in [5.41, 5.74) is 0. The fourth-order valence-corrected chi connectivity index (χ4v) is 5.30. The van der Waals surface area contributed by atoms with Crippen LogP contribution >= 0.6 is 0 Å². The second-order valence-electron chi connectivity index (χ2n) is 6.83. The maximum absolute atomic E-state index is 12.6. The topological polar surface area (TPSA) is 69.7 Å². The third-order valence-corrected chi connectivity index (χ3v) is 5.96. The first-order chi connectivity index (χ1) is 10.5. The molecule has 4 aliphatic carbocycles. The lowest BCUT2D eigenvalue weighted by atomic mass is 9.69. The van der Waals surface area contributed by atoms with E-state index in [9.17, 15) is 14.4 Å². The molecule has 0 aromatic carbocycles. The molecule has 22 heavy (non-hydrogen) atoms. The van der Waals surface area contributed by atoms with Crippen molar-refractivity contribution < 1.29 is 23.9 Å². The van der Waals surface area contributed by atoms with Crippen molar-refractivity contribution in [2.45, 2.75) is 26.6 Å². The van der Waals surface area contributed by atoms with E-state index < -0.39 is 12.2 Å². The number of carbonyl (C=O) groups is 3. The van der Waals surface area contributed by atoms with Crippen molar-refractivity contribution in [1.29, 1.82) is 0 Å². The zero-order chi connectivity index (χ0) is 15.6. The summed E-state index contributed by atoms with van der Waals surface area (Å²) in [5, 5.41) is 0. The first-order valence-electron chi connectivity index (χ1n) is 8.12. The molecule has 3 saturated carbocycles. The van der Waals surface area contributed by atoms with Crippen molar-refractivity contribution in [3.8, 4) is 0 Å². The second kappa shape index (κ2) is 4.75. The molecule has 0 aromatic rings. The molecule has 5 nitrogen and oxygen atoms in total. The maximum Gasteiger partial charge on any atom is 0.311 e. The molecule has 8 unspecified atom stereocenters. The summed E-state index contributed by atoms with van der Waals surface area (Å²) in [4.78, 5) is 37.2. The Morgan fingerprint density at radius 1 is 1.23 bits per heavy atom. The largest absolute Gasteiger partial charge is 0.436 e. The van der Waals surface area contributed by atoms with Crippen molar-refractivity contribution >= 4 is 17.5 Å². The van der Waals surface area contributed by atoms with Gasteiger partial charge in [-0.15, -0.1) is 0 Å². The minimum Gasteiger partial charge on any atom is -0.436 e. The van der Waals surface area contributed by atoms with Gasteiger partial charge in [0.2, 0.25) is 0 Å². The number of carbonyl (C=O) groups excluding carboxylic acids is 3. The van der Waals surface area contributed by atoms with E-state index in [0.717, 1.165) is 0 Å². The fraction of sp³-hybridized carbons (Fsp3) is 0.706. The average molecular weight is 304 g/mol. The molecule has 5 heteroatoms. The first-order valence-corrected chi connectivity index (χ1v) is 8.12. The van der Waals surface area contributed by atoms with E-state index in [1.165, 1.54) is 0 Å². The number of hydrogen-bond donors (Lipinski definition) is 0. The third-order valence-electron chi connectivity index (χ3n) is 5.96. The minimum atomic E-state index is -0.593. The minimum absolute atomic E-state index is 0.0219. The van der Waals surface area contributed by atoms with Gasteiger partial charge in [-0.05, 0) is 32.1 Å². The molecule has 0 heterocycles. The average Bonchev–Trinajstić information content (AvgIpc) is 3.17. The van der Waals surface area contributed by atoms with Gasteiger partial charge in [0.15, 0.2) is 6.29 Å². The van der Waals surface area contributed by atoms with Crippen LogP contribution in [-0.2, 0) is 23.9 Å². The predicted octanol–water partition coefficient (Wildman–Crippen LogP) is 1.36. The summed E-state index contributed by atoms with van der Waals surface area (Å²) < 4.78 is 10.6. The molecule has 3 fully saturated rings. The molecule has 0 spiro atoms. The predicted molar refractivity (Wildman–Crippen MR) is 75.4 cm³/mol. The first kappa shape index (κ1) is 14.1. The highest BCUT2D eigenvalue weighted by molar-refractivity contribution is 6.01. The molecule has 0 saturated heterocycles. The normalized spacial score (nSPS) is 45.5. The van der Waals surface area contributed by atoms with Crippen LogP contribution in [0.5, 0.6) is 0 Å². The number of ketones is 2. The molecule has 0 aromatic heterocycles. The van der Waals surface area contributed by atoms with Crippen LogP contribution in [0.25, 0.3) is 0 Å². The third kappa shape index (κ3) is 1.66. The van der Waals surface area contributed by atoms with E-state index in [-0.39, 0.29) is 53.0 Å². The lowest BCUT2D eigenvalue weighted by Gasteiger charge is -2.33. The summed E-state index contributed by atoms with van der Waals surface area (Å²) >= 11 is 0. The van der Waals surface area contributed by atoms with Crippen LogP contribution < -0.4 is 0 Å². The van der Waals surface area contributed by atoms with Gasteiger partial charge in [-0.25, -0.2) is 0 Å². The van der Waals surface area contributed by atoms with Gasteiger partial charge in [0.25, 0.3) is 0 Å². The Hall–Kier alpha value is -1.49. The number of Topliss-reactive ketones (excluding diaryl/α,β-unsaturated/α-hetero) is 2. The highest BCUT2D eigenvalue weighted by Crippen LogP contribution is 2.64. The van der Waals surface area contributed by atoms with Gasteiger partial charge in [-0.1, -0.05) is 12.2 Å². The zero-order valence-electron chi connectivity index (χ0n) is 12.7. The fourth-order valence-electron chi connectivity index (χ4n) is 5.30. The molecule has 0 N–H and O–H groups in total. The Labute approximate surface area is 129 Å². The van der Waals surface area contributed by atoms with Crippen LogP contribution in [0.2, 0.25) is 0 Å². The van der Waals surface area contributed by atoms with E-state index in [2.05, 4.69) is 0 Å². The highest BCUT2D eigenvalue weighted by atomic mass is 16.7. The molecule has 118 valence electrons. The van der Waals surface area contributed by atoms with Crippen molar-refractivity contribution in [3.05, 3.63) is 12.2 Å². The maximum atomic E-state index is 12.6. The van der Waals surface area contributed by atoms with Gasteiger partial charge < -0.3 is 9.47 Å². The Balaban J connectivity index is 1.55. The van der Waals surface area contributed by atoms with Crippen LogP contribution in [0, 0.1) is 41.4 Å². The number of allylic oxidation sites excluding steroid dienone is 2. The molecule has 4 bridgehead atoms. The molecular weight excluding hydrogens is 284 g/mol. The Morgan fingerprint density at radius 3 is 2.59 bits per heavy atom. The molecule has 0 amide bonds. The van der Waals surface area contributed by atoms with Crippen LogP contribution in [0.1, 0.15) is 20.3 Å². The smallest absolute Gasteiger partial charge is 0.311 e. The zero-order valence-corrected chi connectivity index (χ0v) is 12.7. The summed E-state index contributed by atoms with van der Waals surface area (Å²) in [6.45, 7) is 3.99. The van der Waals surface area contributed by atoms with Crippen LogP contribution in [-0.4, -0.2) is 30.4 Å². The van der Waals surface area contributed by atoms with Crippen LogP contribution in [0.15, 0.2) is 12.2 Å². The van der Waals surface area contributed by atoms with Gasteiger partial charge in [0.05, 0.1) is 5.92 Å². The van der Waals surface area contributed by atoms with Crippen molar-refractivity contribution in [2.24, 2.45) is 41.4 Å². The van der Waals surface area contributed by atoms with E-state index in [1.807, 2.05) is 19.1 Å². The SMILES string of the molecule is CCOC(C)OC(=O)C1CC2C(=O)C1C1C3C=CC(C3=O)C21. The summed E-state index contributed by atoms with van der Waals surface area (Å²) in [6.07, 6.45) is 3.84. The molecule has 4 aliphatic rings. The molecule has 8 atom stereocenters. The standard InChI is InChI=1S/C17H20O5/c1-3-21-7(2)22-17(20)11-6-10-12-8-4-5-9(15(8)18)13(12)14(11)16(10)19/h4-5,7-14H,3,6H2,1-2H3. The molecule has 4 rings (SSSR count). The summed E-state index contributed by atoms with van der Waals surface area (Å²) in [6, 6.07) is 0. The lowest BCUT2D eigenvalue weighted by molar-refractivity contribution is -0.181.